The quantitative estimate of drug-likeness (QED) is 0.435. The van der Waals surface area contributed by atoms with Gasteiger partial charge in [-0.25, -0.2) is 0 Å². The van der Waals surface area contributed by atoms with Crippen LogP contribution in [0.5, 0.6) is 0 Å². The maximum absolute atomic E-state index is 0. The summed E-state index contributed by atoms with van der Waals surface area (Å²) in [6, 6.07) is 0. The van der Waals surface area contributed by atoms with E-state index in [2.05, 4.69) is 0 Å². The molecule has 0 bridgehead atoms. The smallest absolute Gasteiger partial charge is 0.870 e. The largest absolute Gasteiger partial charge is 3.00 e. The molecule has 0 spiro atoms. The second kappa shape index (κ2) is 269. The number of rotatable bonds is 0. The number of hydrogen-bond acceptors (Lipinski definition) is 7. The fourth-order valence-electron chi connectivity index (χ4n) is 0. The van der Waals surface area contributed by atoms with Gasteiger partial charge in [-0.3, -0.25) is 0 Å². The standard InChI is InChI=1S/Al.Ca.Fe.7H2O/h;;;7*1H2/q+3;2*+2;;;;;;;/p-7. The second-order valence-corrected chi connectivity index (χ2v) is 0. The molecule has 10 heteroatoms. The summed E-state index contributed by atoms with van der Waals surface area (Å²) < 4.78 is 0. The first-order chi connectivity index (χ1) is 0. The van der Waals surface area contributed by atoms with E-state index in [-0.39, 0.29) is 111 Å². The van der Waals surface area contributed by atoms with Gasteiger partial charge in [-0.1, -0.05) is 0 Å². The molecule has 0 rings (SSSR count). The van der Waals surface area contributed by atoms with Crippen molar-refractivity contribution in [3.63, 3.8) is 0 Å². The van der Waals surface area contributed by atoms with E-state index in [4.69, 9.17) is 0 Å². The molecule has 0 aliphatic rings. The predicted molar refractivity (Wildman–Crippen MR) is 25.1 cm³/mol. The molecule has 10 heavy (non-hydrogen) atoms. The van der Waals surface area contributed by atoms with Crippen molar-refractivity contribution in [2.24, 2.45) is 0 Å². The van der Waals surface area contributed by atoms with Crippen LogP contribution in [-0.4, -0.2) is 93.4 Å². The Labute approximate surface area is 109 Å². The van der Waals surface area contributed by atoms with E-state index in [1.807, 2.05) is 0 Å². The first-order valence-corrected chi connectivity index (χ1v) is 0. The Morgan fingerprint density at radius 3 is 0.400 bits per heavy atom. The topological polar surface area (TPSA) is 210 Å². The molecule has 0 radical (unpaired) electrons. The molecule has 0 amide bonds. The summed E-state index contributed by atoms with van der Waals surface area (Å²) in [6.07, 6.45) is 0. The van der Waals surface area contributed by atoms with Gasteiger partial charge in [0.1, 0.15) is 0 Å². The fourth-order valence-corrected chi connectivity index (χ4v) is 0. The van der Waals surface area contributed by atoms with E-state index >= 15 is 0 Å². The molecule has 0 saturated carbocycles. The van der Waals surface area contributed by atoms with Crippen molar-refractivity contribution in [3.8, 4) is 0 Å². The zero-order valence-corrected chi connectivity index (χ0v) is 9.24. The van der Waals surface area contributed by atoms with Gasteiger partial charge in [0.15, 0.2) is 0 Å². The zero-order chi connectivity index (χ0) is 0. The molecule has 0 unspecified atom stereocenters. The van der Waals surface area contributed by atoms with E-state index in [1.54, 1.807) is 0 Å². The molecule has 0 aromatic rings. The van der Waals surface area contributed by atoms with Crippen LogP contribution in [0.3, 0.4) is 0 Å². The fraction of sp³-hybridized carbons (Fsp3) is 0. The molecule has 62 valence electrons. The van der Waals surface area contributed by atoms with Crippen molar-refractivity contribution in [2.45, 2.75) is 0 Å². The summed E-state index contributed by atoms with van der Waals surface area (Å²) in [6.45, 7) is 0. The minimum Gasteiger partial charge on any atom is -0.870 e. The summed E-state index contributed by atoms with van der Waals surface area (Å²) in [5.41, 5.74) is 0. The van der Waals surface area contributed by atoms with Gasteiger partial charge in [0, 0.05) is 0 Å². The summed E-state index contributed by atoms with van der Waals surface area (Å²) in [4.78, 5) is 0. The Kier molecular flexibility index (Phi) is 9540. The SMILES string of the molecule is [Al+3].[Ca+2].[Fe+2].[OH-].[OH-].[OH-].[OH-].[OH-].[OH-].[OH-]. The van der Waals surface area contributed by atoms with Crippen LogP contribution in [0.4, 0.5) is 0 Å². The first-order valence-electron chi connectivity index (χ1n) is 0. The Hall–Kier alpha value is 2.03. The van der Waals surface area contributed by atoms with Gasteiger partial charge in [0.2, 0.25) is 0 Å². The van der Waals surface area contributed by atoms with Crippen LogP contribution >= 0.6 is 0 Å². The normalized spacial score (nSPS) is 0. The van der Waals surface area contributed by atoms with Gasteiger partial charge in [0.25, 0.3) is 0 Å². The average Bonchev–Trinajstić information content (AvgIpc) is 0. The van der Waals surface area contributed by atoms with Crippen molar-refractivity contribution < 1.29 is 55.4 Å². The molecule has 0 aliphatic carbocycles. The molecule has 7 nitrogen and oxygen atoms in total. The van der Waals surface area contributed by atoms with Gasteiger partial charge in [-0.15, -0.1) is 0 Å². The van der Waals surface area contributed by atoms with E-state index in [0.29, 0.717) is 0 Å². The maximum atomic E-state index is 0. The minimum atomic E-state index is 0. The molecule has 0 heterocycles. The van der Waals surface area contributed by atoms with Gasteiger partial charge < -0.3 is 38.3 Å². The molecule has 0 fully saturated rings. The van der Waals surface area contributed by atoms with E-state index in [0.717, 1.165) is 0 Å². The average molecular weight is 242 g/mol. The molecule has 7 N–H and O–H groups in total. The molecule has 0 atom stereocenters. The van der Waals surface area contributed by atoms with Gasteiger partial charge in [0.05, 0.1) is 0 Å². The monoisotopic (exact) mass is 242 g/mol. The summed E-state index contributed by atoms with van der Waals surface area (Å²) in [5.74, 6) is 0. The summed E-state index contributed by atoms with van der Waals surface area (Å²) in [7, 11) is 0. The second-order valence-electron chi connectivity index (χ2n) is 0. The van der Waals surface area contributed by atoms with Gasteiger partial charge in [-0.2, -0.15) is 0 Å². The van der Waals surface area contributed by atoms with Crippen LogP contribution in [0.1, 0.15) is 0 Å². The molecular formula is H7AlCaFeO7. The Morgan fingerprint density at radius 2 is 0.400 bits per heavy atom. The van der Waals surface area contributed by atoms with Crippen molar-refractivity contribution in [2.75, 3.05) is 0 Å². The van der Waals surface area contributed by atoms with Crippen LogP contribution in [0, 0.1) is 0 Å². The molecule has 0 aromatic heterocycles. The van der Waals surface area contributed by atoms with E-state index in [9.17, 15) is 0 Å². The van der Waals surface area contributed by atoms with Crippen LogP contribution in [0.2, 0.25) is 0 Å². The summed E-state index contributed by atoms with van der Waals surface area (Å²) >= 11 is 0. The van der Waals surface area contributed by atoms with Crippen LogP contribution in [0.25, 0.3) is 0 Å². The van der Waals surface area contributed by atoms with Crippen molar-refractivity contribution in [1.82, 2.24) is 0 Å². The Balaban J connectivity index is 0. The van der Waals surface area contributed by atoms with Crippen LogP contribution < -0.4 is 0 Å². The molecular weight excluding hydrogens is 235 g/mol. The Morgan fingerprint density at radius 1 is 0.400 bits per heavy atom. The van der Waals surface area contributed by atoms with Crippen LogP contribution in [0.15, 0.2) is 0 Å². The van der Waals surface area contributed by atoms with E-state index in [1.165, 1.54) is 0 Å². The van der Waals surface area contributed by atoms with Crippen molar-refractivity contribution in [3.05, 3.63) is 0 Å². The predicted octanol–water partition coefficient (Wildman–Crippen LogP) is -2.00. The third-order valence-electron chi connectivity index (χ3n) is 0. The third kappa shape index (κ3) is 198. The van der Waals surface area contributed by atoms with Crippen molar-refractivity contribution >= 4 is 55.1 Å². The van der Waals surface area contributed by atoms with E-state index < -0.39 is 0 Å². The molecule has 0 aliphatic heterocycles. The molecule has 0 aromatic carbocycles. The van der Waals surface area contributed by atoms with Crippen molar-refractivity contribution in [1.29, 1.82) is 0 Å². The first kappa shape index (κ1) is 355. The maximum Gasteiger partial charge on any atom is 3.00 e. The Bertz CT molecular complexity index is 13.6. The van der Waals surface area contributed by atoms with Gasteiger partial charge >= 0.3 is 72.2 Å². The van der Waals surface area contributed by atoms with Gasteiger partial charge in [-0.05, 0) is 0 Å². The summed E-state index contributed by atoms with van der Waals surface area (Å²) in [5, 5.41) is 0. The third-order valence-corrected chi connectivity index (χ3v) is 0. The molecule has 0 saturated heterocycles. The zero-order valence-electron chi connectivity index (χ0n) is 4.77. The number of hydrogen-bond donors (Lipinski definition) is 0. The minimum absolute atomic E-state index is 0. The van der Waals surface area contributed by atoms with Crippen LogP contribution in [-0.2, 0) is 17.1 Å².